The number of carboxylic acids is 1. The summed E-state index contributed by atoms with van der Waals surface area (Å²) in [5.74, 6) is -0.600. The minimum absolute atomic E-state index is 0.172. The zero-order valence-electron chi connectivity index (χ0n) is 9.11. The zero-order valence-corrected chi connectivity index (χ0v) is 12.3. The number of rotatable bonds is 4. The van der Waals surface area contributed by atoms with E-state index in [1.165, 1.54) is 12.3 Å². The van der Waals surface area contributed by atoms with Gasteiger partial charge in [0.05, 0.1) is 18.5 Å². The second kappa shape index (κ2) is 5.58. The first-order chi connectivity index (χ1) is 8.59. The van der Waals surface area contributed by atoms with Crippen LogP contribution in [-0.2, 0) is 6.54 Å². The molecule has 2 rings (SSSR count). The Balaban J connectivity index is 2.17. The van der Waals surface area contributed by atoms with Crippen LogP contribution in [0.15, 0.2) is 43.9 Å². The summed E-state index contributed by atoms with van der Waals surface area (Å²) in [5, 5.41) is 12.1. The van der Waals surface area contributed by atoms with Crippen LogP contribution in [-0.4, -0.2) is 11.1 Å². The molecule has 0 saturated carbocycles. The van der Waals surface area contributed by atoms with Crippen molar-refractivity contribution >= 4 is 43.5 Å². The van der Waals surface area contributed by atoms with E-state index in [4.69, 9.17) is 9.52 Å². The molecule has 0 bridgehead atoms. The molecular formula is C12H9Br2NO3. The van der Waals surface area contributed by atoms with E-state index >= 15 is 0 Å². The third-order valence-corrected chi connectivity index (χ3v) is 3.69. The van der Waals surface area contributed by atoms with E-state index < -0.39 is 5.97 Å². The van der Waals surface area contributed by atoms with Gasteiger partial charge in [0.25, 0.3) is 0 Å². The van der Waals surface area contributed by atoms with E-state index in [9.17, 15) is 4.79 Å². The Morgan fingerprint density at radius 2 is 1.94 bits per heavy atom. The summed E-state index contributed by atoms with van der Waals surface area (Å²) in [6, 6.07) is 7.13. The van der Waals surface area contributed by atoms with Crippen molar-refractivity contribution in [2.24, 2.45) is 0 Å². The largest absolute Gasteiger partial charge is 0.478 e. The van der Waals surface area contributed by atoms with E-state index in [1.807, 2.05) is 18.2 Å². The molecule has 1 aromatic carbocycles. The van der Waals surface area contributed by atoms with E-state index in [0.717, 1.165) is 14.6 Å². The van der Waals surface area contributed by atoms with Crippen molar-refractivity contribution in [2.75, 3.05) is 5.32 Å². The molecule has 0 aliphatic heterocycles. The van der Waals surface area contributed by atoms with Gasteiger partial charge in [0.15, 0.2) is 0 Å². The third-order valence-electron chi connectivity index (χ3n) is 2.36. The normalized spacial score (nSPS) is 10.3. The Morgan fingerprint density at radius 1 is 1.28 bits per heavy atom. The van der Waals surface area contributed by atoms with Crippen molar-refractivity contribution in [1.29, 1.82) is 0 Å². The molecule has 0 atom stereocenters. The fourth-order valence-corrected chi connectivity index (χ4v) is 2.78. The summed E-state index contributed by atoms with van der Waals surface area (Å²) in [4.78, 5) is 10.9. The molecule has 0 unspecified atom stereocenters. The molecule has 0 fully saturated rings. The molecule has 94 valence electrons. The van der Waals surface area contributed by atoms with Gasteiger partial charge < -0.3 is 14.8 Å². The lowest BCUT2D eigenvalue weighted by Gasteiger charge is -2.09. The van der Waals surface area contributed by atoms with E-state index in [-0.39, 0.29) is 5.56 Å². The Hall–Kier alpha value is -1.27. The van der Waals surface area contributed by atoms with Crippen molar-refractivity contribution in [1.82, 2.24) is 0 Å². The number of furan rings is 1. The van der Waals surface area contributed by atoms with E-state index in [0.29, 0.717) is 12.3 Å². The standard InChI is InChI=1S/C12H9Br2NO3/c13-8-2-1-3-9(14)11(8)15-6-10-7(12(16)17)4-5-18-10/h1-5,15H,6H2,(H,16,17). The van der Waals surface area contributed by atoms with Crippen LogP contribution in [0.25, 0.3) is 0 Å². The fourth-order valence-electron chi connectivity index (χ4n) is 1.50. The topological polar surface area (TPSA) is 62.5 Å². The minimum atomic E-state index is -0.994. The maximum atomic E-state index is 10.9. The molecule has 0 aliphatic rings. The third kappa shape index (κ3) is 2.76. The van der Waals surface area contributed by atoms with E-state index in [1.54, 1.807) is 0 Å². The number of hydrogen-bond donors (Lipinski definition) is 2. The summed E-state index contributed by atoms with van der Waals surface area (Å²) in [6.07, 6.45) is 1.37. The number of hydrogen-bond acceptors (Lipinski definition) is 3. The average Bonchev–Trinajstić information content (AvgIpc) is 2.76. The fraction of sp³-hybridized carbons (Fsp3) is 0.0833. The van der Waals surface area contributed by atoms with Crippen LogP contribution in [0.2, 0.25) is 0 Å². The lowest BCUT2D eigenvalue weighted by Crippen LogP contribution is -2.05. The molecule has 0 spiro atoms. The van der Waals surface area contributed by atoms with Gasteiger partial charge in [-0.3, -0.25) is 0 Å². The van der Waals surface area contributed by atoms with Crippen molar-refractivity contribution in [3.05, 3.63) is 50.8 Å². The SMILES string of the molecule is O=C(O)c1ccoc1CNc1c(Br)cccc1Br. The van der Waals surface area contributed by atoms with Gasteiger partial charge in [-0.25, -0.2) is 4.79 Å². The highest BCUT2D eigenvalue weighted by Gasteiger charge is 2.13. The predicted molar refractivity (Wildman–Crippen MR) is 74.8 cm³/mol. The number of carbonyl (C=O) groups is 1. The second-order valence-electron chi connectivity index (χ2n) is 3.51. The van der Waals surface area contributed by atoms with Crippen molar-refractivity contribution in [3.63, 3.8) is 0 Å². The maximum absolute atomic E-state index is 10.9. The molecule has 4 nitrogen and oxygen atoms in total. The lowest BCUT2D eigenvalue weighted by molar-refractivity contribution is 0.0694. The summed E-state index contributed by atoms with van der Waals surface area (Å²) < 4.78 is 6.93. The summed E-state index contributed by atoms with van der Waals surface area (Å²) in [6.45, 7) is 0.301. The molecule has 6 heteroatoms. The van der Waals surface area contributed by atoms with Gasteiger partial charge in [-0.1, -0.05) is 6.07 Å². The number of carboxylic acid groups (broad SMARTS) is 1. The number of para-hydroxylation sites is 1. The molecule has 0 amide bonds. The number of halogens is 2. The quantitative estimate of drug-likeness (QED) is 0.845. The van der Waals surface area contributed by atoms with Gasteiger partial charge in [-0.05, 0) is 50.1 Å². The van der Waals surface area contributed by atoms with Gasteiger partial charge >= 0.3 is 5.97 Å². The van der Waals surface area contributed by atoms with E-state index in [2.05, 4.69) is 37.2 Å². The van der Waals surface area contributed by atoms with Gasteiger partial charge in [0.2, 0.25) is 0 Å². The molecule has 18 heavy (non-hydrogen) atoms. The Kier molecular flexibility index (Phi) is 4.08. The first-order valence-electron chi connectivity index (χ1n) is 5.07. The Labute approximate surface area is 120 Å². The molecule has 1 aromatic heterocycles. The van der Waals surface area contributed by atoms with Gasteiger partial charge in [0.1, 0.15) is 11.3 Å². The van der Waals surface area contributed by atoms with Gasteiger partial charge in [-0.2, -0.15) is 0 Å². The Morgan fingerprint density at radius 3 is 2.56 bits per heavy atom. The molecule has 0 radical (unpaired) electrons. The summed E-state index contributed by atoms with van der Waals surface area (Å²) >= 11 is 6.84. The zero-order chi connectivity index (χ0) is 13.1. The predicted octanol–water partition coefficient (Wildman–Crippen LogP) is 4.11. The van der Waals surface area contributed by atoms with Gasteiger partial charge in [-0.15, -0.1) is 0 Å². The molecule has 2 N–H and O–H groups in total. The maximum Gasteiger partial charge on any atom is 0.339 e. The van der Waals surface area contributed by atoms with Crippen LogP contribution >= 0.6 is 31.9 Å². The number of aromatic carboxylic acids is 1. The molecule has 1 heterocycles. The molecular weight excluding hydrogens is 366 g/mol. The highest BCUT2D eigenvalue weighted by Crippen LogP contribution is 2.31. The second-order valence-corrected chi connectivity index (χ2v) is 5.22. The smallest absolute Gasteiger partial charge is 0.339 e. The monoisotopic (exact) mass is 373 g/mol. The minimum Gasteiger partial charge on any atom is -0.478 e. The van der Waals surface area contributed by atoms with Crippen LogP contribution in [0.1, 0.15) is 16.1 Å². The van der Waals surface area contributed by atoms with Crippen LogP contribution in [0.5, 0.6) is 0 Å². The van der Waals surface area contributed by atoms with Crippen molar-refractivity contribution in [3.8, 4) is 0 Å². The van der Waals surface area contributed by atoms with Crippen LogP contribution in [0, 0.1) is 0 Å². The summed E-state index contributed by atoms with van der Waals surface area (Å²) in [5.41, 5.74) is 1.02. The highest BCUT2D eigenvalue weighted by molar-refractivity contribution is 9.11. The van der Waals surface area contributed by atoms with Crippen LogP contribution in [0.3, 0.4) is 0 Å². The van der Waals surface area contributed by atoms with Crippen LogP contribution in [0.4, 0.5) is 5.69 Å². The lowest BCUT2D eigenvalue weighted by atomic mass is 10.2. The molecule has 2 aromatic rings. The first-order valence-corrected chi connectivity index (χ1v) is 6.65. The summed E-state index contributed by atoms with van der Waals surface area (Å²) in [7, 11) is 0. The van der Waals surface area contributed by atoms with Crippen molar-refractivity contribution < 1.29 is 14.3 Å². The molecule has 0 saturated heterocycles. The first kappa shape index (κ1) is 13.2. The molecule has 0 aliphatic carbocycles. The number of nitrogens with one attached hydrogen (secondary N) is 1. The number of anilines is 1. The van der Waals surface area contributed by atoms with Gasteiger partial charge in [0, 0.05) is 8.95 Å². The van der Waals surface area contributed by atoms with Crippen molar-refractivity contribution in [2.45, 2.75) is 6.54 Å². The van der Waals surface area contributed by atoms with Crippen LogP contribution < -0.4 is 5.32 Å². The Bertz CT molecular complexity index is 560. The average molecular weight is 375 g/mol. The number of benzene rings is 1. The highest BCUT2D eigenvalue weighted by atomic mass is 79.9.